The Morgan fingerprint density at radius 1 is 1.27 bits per heavy atom. The van der Waals surface area contributed by atoms with Gasteiger partial charge in [0.1, 0.15) is 5.15 Å². The van der Waals surface area contributed by atoms with E-state index in [0.29, 0.717) is 17.7 Å². The van der Waals surface area contributed by atoms with E-state index in [4.69, 9.17) is 11.6 Å². The summed E-state index contributed by atoms with van der Waals surface area (Å²) < 4.78 is 0. The van der Waals surface area contributed by atoms with Crippen molar-refractivity contribution in [2.75, 3.05) is 25.0 Å². The highest BCUT2D eigenvalue weighted by molar-refractivity contribution is 14.0. The minimum Gasteiger partial charge on any atom is -0.369 e. The molecule has 2 N–H and O–H groups in total. The molecule has 1 unspecified atom stereocenters. The molecule has 1 aliphatic heterocycles. The summed E-state index contributed by atoms with van der Waals surface area (Å²) in [4.78, 5) is 10.8. The van der Waals surface area contributed by atoms with Crippen molar-refractivity contribution in [2.24, 2.45) is 4.99 Å². The van der Waals surface area contributed by atoms with Crippen LogP contribution in [0.1, 0.15) is 17.5 Å². The van der Waals surface area contributed by atoms with E-state index < -0.39 is 0 Å². The van der Waals surface area contributed by atoms with Gasteiger partial charge in [-0.05, 0) is 37.1 Å². The number of benzene rings is 1. The van der Waals surface area contributed by atoms with Gasteiger partial charge in [0, 0.05) is 44.6 Å². The summed E-state index contributed by atoms with van der Waals surface area (Å²) in [6.07, 6.45) is 2.87. The van der Waals surface area contributed by atoms with Crippen molar-refractivity contribution in [3.8, 4) is 0 Å². The third-order valence-corrected chi connectivity index (χ3v) is 4.62. The molecule has 140 valence electrons. The first-order valence-electron chi connectivity index (χ1n) is 8.53. The lowest BCUT2D eigenvalue weighted by Crippen LogP contribution is -2.44. The summed E-state index contributed by atoms with van der Waals surface area (Å²) in [5.41, 5.74) is 3.64. The number of nitrogens with one attached hydrogen (secondary N) is 2. The first-order valence-corrected chi connectivity index (χ1v) is 8.91. The van der Waals surface area contributed by atoms with Crippen LogP contribution in [0.2, 0.25) is 5.15 Å². The van der Waals surface area contributed by atoms with Crippen LogP contribution in [0.3, 0.4) is 0 Å². The lowest BCUT2D eigenvalue weighted by molar-refractivity contribution is 0.648. The van der Waals surface area contributed by atoms with E-state index in [1.807, 2.05) is 6.07 Å². The van der Waals surface area contributed by atoms with Crippen LogP contribution < -0.4 is 15.5 Å². The Labute approximate surface area is 177 Å². The quantitative estimate of drug-likeness (QED) is 0.301. The van der Waals surface area contributed by atoms with Crippen LogP contribution in [-0.4, -0.2) is 37.1 Å². The summed E-state index contributed by atoms with van der Waals surface area (Å²) in [5, 5.41) is 7.35. The zero-order valence-corrected chi connectivity index (χ0v) is 18.2. The van der Waals surface area contributed by atoms with Crippen molar-refractivity contribution in [1.82, 2.24) is 15.6 Å². The molecule has 0 spiro atoms. The summed E-state index contributed by atoms with van der Waals surface area (Å²) in [6.45, 7) is 4.81. The fourth-order valence-corrected chi connectivity index (χ4v) is 3.06. The van der Waals surface area contributed by atoms with Crippen LogP contribution >= 0.6 is 35.6 Å². The van der Waals surface area contributed by atoms with Gasteiger partial charge in [-0.25, -0.2) is 4.98 Å². The third kappa shape index (κ3) is 5.74. The molecular formula is C19H25ClIN5. The lowest BCUT2D eigenvalue weighted by Gasteiger charge is -2.20. The van der Waals surface area contributed by atoms with E-state index in [-0.39, 0.29) is 24.0 Å². The smallest absolute Gasteiger partial charge is 0.191 e. The van der Waals surface area contributed by atoms with Crippen LogP contribution in [-0.2, 0) is 6.54 Å². The number of aromatic nitrogens is 1. The number of rotatable bonds is 4. The molecule has 5 nitrogen and oxygen atoms in total. The highest BCUT2D eigenvalue weighted by atomic mass is 127. The standard InChI is InChI=1S/C19H24ClN5.HI/c1-14-3-6-17(7-4-14)25-10-9-16(13-25)24-19(21-2)23-12-15-5-8-18(20)22-11-15;/h3-8,11,16H,9-10,12-13H2,1-2H3,(H2,21,23,24);1H. The molecule has 3 rings (SSSR count). The maximum absolute atomic E-state index is 5.82. The maximum atomic E-state index is 5.82. The monoisotopic (exact) mass is 485 g/mol. The molecule has 0 saturated carbocycles. The van der Waals surface area contributed by atoms with Gasteiger partial charge >= 0.3 is 0 Å². The largest absolute Gasteiger partial charge is 0.369 e. The number of aryl methyl sites for hydroxylation is 1. The molecule has 1 saturated heterocycles. The molecule has 0 aliphatic carbocycles. The molecule has 1 aromatic heterocycles. The summed E-state index contributed by atoms with van der Waals surface area (Å²) in [6, 6.07) is 12.9. The zero-order chi connectivity index (χ0) is 17.6. The predicted molar refractivity (Wildman–Crippen MR) is 120 cm³/mol. The van der Waals surface area contributed by atoms with Crippen molar-refractivity contribution >= 4 is 47.2 Å². The number of anilines is 1. The molecule has 1 fully saturated rings. The van der Waals surface area contributed by atoms with Gasteiger partial charge in [-0.2, -0.15) is 0 Å². The number of nitrogens with zero attached hydrogens (tertiary/aromatic N) is 3. The SMILES string of the molecule is CN=C(NCc1ccc(Cl)nc1)NC1CCN(c2ccc(C)cc2)C1.I. The molecule has 2 aromatic rings. The van der Waals surface area contributed by atoms with Gasteiger partial charge in [-0.15, -0.1) is 24.0 Å². The highest BCUT2D eigenvalue weighted by Gasteiger charge is 2.23. The van der Waals surface area contributed by atoms with E-state index in [2.05, 4.69) is 56.7 Å². The van der Waals surface area contributed by atoms with E-state index in [9.17, 15) is 0 Å². The summed E-state index contributed by atoms with van der Waals surface area (Å²) >= 11 is 5.82. The molecule has 26 heavy (non-hydrogen) atoms. The molecule has 0 bridgehead atoms. The molecule has 1 atom stereocenters. The number of hydrogen-bond acceptors (Lipinski definition) is 3. The number of hydrogen-bond donors (Lipinski definition) is 2. The average Bonchev–Trinajstić information content (AvgIpc) is 3.09. The van der Waals surface area contributed by atoms with Crippen molar-refractivity contribution < 1.29 is 0 Å². The number of halogens is 2. The molecular weight excluding hydrogens is 461 g/mol. The zero-order valence-electron chi connectivity index (χ0n) is 15.1. The van der Waals surface area contributed by atoms with Crippen LogP contribution in [0.5, 0.6) is 0 Å². The Kier molecular flexibility index (Phi) is 7.96. The molecule has 7 heteroatoms. The van der Waals surface area contributed by atoms with Gasteiger partial charge in [0.25, 0.3) is 0 Å². The van der Waals surface area contributed by atoms with Crippen LogP contribution in [0.15, 0.2) is 47.6 Å². The average molecular weight is 486 g/mol. The lowest BCUT2D eigenvalue weighted by atomic mass is 10.2. The highest BCUT2D eigenvalue weighted by Crippen LogP contribution is 2.20. The first kappa shape index (κ1) is 20.8. The second-order valence-corrected chi connectivity index (χ2v) is 6.71. The second kappa shape index (κ2) is 9.97. The van der Waals surface area contributed by atoms with E-state index in [0.717, 1.165) is 31.0 Å². The van der Waals surface area contributed by atoms with E-state index >= 15 is 0 Å². The Morgan fingerprint density at radius 3 is 2.69 bits per heavy atom. The van der Waals surface area contributed by atoms with Crippen molar-refractivity contribution in [1.29, 1.82) is 0 Å². The van der Waals surface area contributed by atoms with Crippen LogP contribution in [0.4, 0.5) is 5.69 Å². The van der Waals surface area contributed by atoms with Gasteiger partial charge in [0.2, 0.25) is 0 Å². The third-order valence-electron chi connectivity index (χ3n) is 4.40. The molecule has 0 radical (unpaired) electrons. The summed E-state index contributed by atoms with van der Waals surface area (Å²) in [5.74, 6) is 0.811. The maximum Gasteiger partial charge on any atom is 0.191 e. The molecule has 1 aliphatic rings. The van der Waals surface area contributed by atoms with Crippen LogP contribution in [0, 0.1) is 6.92 Å². The van der Waals surface area contributed by atoms with Crippen molar-refractivity contribution in [2.45, 2.75) is 25.9 Å². The molecule has 2 heterocycles. The fourth-order valence-electron chi connectivity index (χ4n) is 2.95. The Hall–Kier alpha value is -1.54. The normalized spacial score (nSPS) is 17.0. The second-order valence-electron chi connectivity index (χ2n) is 6.33. The Balaban J connectivity index is 0.00000243. The number of aliphatic imine (C=N–C) groups is 1. The Bertz CT molecular complexity index is 718. The van der Waals surface area contributed by atoms with Crippen molar-refractivity contribution in [3.05, 3.63) is 58.9 Å². The first-order chi connectivity index (χ1) is 12.1. The van der Waals surface area contributed by atoms with Gasteiger partial charge < -0.3 is 15.5 Å². The van der Waals surface area contributed by atoms with Gasteiger partial charge in [0.15, 0.2) is 5.96 Å². The Morgan fingerprint density at radius 2 is 2.04 bits per heavy atom. The van der Waals surface area contributed by atoms with Gasteiger partial charge in [0.05, 0.1) is 0 Å². The predicted octanol–water partition coefficient (Wildman–Crippen LogP) is 3.61. The van der Waals surface area contributed by atoms with Crippen molar-refractivity contribution in [3.63, 3.8) is 0 Å². The van der Waals surface area contributed by atoms with E-state index in [1.54, 1.807) is 19.3 Å². The topological polar surface area (TPSA) is 52.6 Å². The van der Waals surface area contributed by atoms with Gasteiger partial charge in [-0.1, -0.05) is 35.4 Å². The van der Waals surface area contributed by atoms with Crippen LogP contribution in [0.25, 0.3) is 0 Å². The summed E-state index contributed by atoms with van der Waals surface area (Å²) in [7, 11) is 1.79. The number of pyridine rings is 1. The minimum absolute atomic E-state index is 0. The fraction of sp³-hybridized carbons (Fsp3) is 0.368. The number of guanidine groups is 1. The molecule has 0 amide bonds. The minimum atomic E-state index is 0. The molecule has 1 aromatic carbocycles. The van der Waals surface area contributed by atoms with Gasteiger partial charge in [-0.3, -0.25) is 4.99 Å². The van der Waals surface area contributed by atoms with E-state index in [1.165, 1.54) is 11.3 Å².